The summed E-state index contributed by atoms with van der Waals surface area (Å²) in [6.07, 6.45) is 10.6. The van der Waals surface area contributed by atoms with Gasteiger partial charge >= 0.3 is 0 Å². The average Bonchev–Trinajstić information content (AvgIpc) is 3.02. The lowest BCUT2D eigenvalue weighted by molar-refractivity contribution is -0.155. The fourth-order valence-electron chi connectivity index (χ4n) is 8.69. The highest BCUT2D eigenvalue weighted by Crippen LogP contribution is 2.67. The summed E-state index contributed by atoms with van der Waals surface area (Å²) in [6.45, 7) is 12.0. The van der Waals surface area contributed by atoms with Gasteiger partial charge in [-0.25, -0.2) is 0 Å². The van der Waals surface area contributed by atoms with Crippen molar-refractivity contribution >= 4 is 0 Å². The molecule has 0 spiro atoms. The summed E-state index contributed by atoms with van der Waals surface area (Å²) in [5, 5.41) is 32.1. The zero-order valence-electron chi connectivity index (χ0n) is 20.0. The van der Waals surface area contributed by atoms with Crippen LogP contribution in [0.2, 0.25) is 0 Å². The SMILES string of the molecule is CC(C)CCC[C@@H](C)[C@H]1CC[C@H]2C3=CC(O)C4C(O)C(O)CC[C@]4(C)[C@H]3CC[C@]12C. The largest absolute Gasteiger partial charge is 0.390 e. The highest BCUT2D eigenvalue weighted by atomic mass is 16.3. The second kappa shape index (κ2) is 8.19. The standard InChI is InChI=1S/C27H46O3/c1-16(2)7-6-8-17(3)19-9-10-20-18-15-23(29)24-25(30)22(28)12-14-27(24,5)21(18)11-13-26(19,20)4/h15-17,19-25,28-30H,6-14H2,1-5H3/t17-,19-,20+,21+,22?,23?,24?,25?,26-,27-/m1/s1. The van der Waals surface area contributed by atoms with Gasteiger partial charge in [0.05, 0.1) is 18.3 Å². The van der Waals surface area contributed by atoms with Crippen molar-refractivity contribution in [3.63, 3.8) is 0 Å². The summed E-state index contributed by atoms with van der Waals surface area (Å²) >= 11 is 0. The molecule has 4 unspecified atom stereocenters. The van der Waals surface area contributed by atoms with Crippen LogP contribution in [0, 0.1) is 46.3 Å². The van der Waals surface area contributed by atoms with Crippen LogP contribution >= 0.6 is 0 Å². The molecule has 0 amide bonds. The number of aliphatic hydroxyl groups is 3. The molecule has 0 aromatic heterocycles. The minimum Gasteiger partial charge on any atom is -0.390 e. The van der Waals surface area contributed by atoms with Crippen molar-refractivity contribution in [2.75, 3.05) is 0 Å². The second-order valence-corrected chi connectivity index (χ2v) is 12.4. The Labute approximate surface area is 184 Å². The molecule has 4 rings (SSSR count). The molecule has 3 N–H and O–H groups in total. The van der Waals surface area contributed by atoms with Crippen LogP contribution in [-0.2, 0) is 0 Å². The Morgan fingerprint density at radius 1 is 0.900 bits per heavy atom. The molecule has 0 aliphatic heterocycles. The maximum absolute atomic E-state index is 11.1. The molecule has 0 bridgehead atoms. The van der Waals surface area contributed by atoms with E-state index in [1.807, 2.05) is 0 Å². The molecule has 10 atom stereocenters. The molecule has 3 nitrogen and oxygen atoms in total. The van der Waals surface area contributed by atoms with Crippen LogP contribution in [-0.4, -0.2) is 33.6 Å². The van der Waals surface area contributed by atoms with Crippen LogP contribution in [0.4, 0.5) is 0 Å². The lowest BCUT2D eigenvalue weighted by Crippen LogP contribution is -2.59. The zero-order chi connectivity index (χ0) is 21.8. The Morgan fingerprint density at radius 2 is 1.57 bits per heavy atom. The van der Waals surface area contributed by atoms with Crippen LogP contribution in [0.25, 0.3) is 0 Å². The number of fused-ring (bicyclic) bond motifs is 5. The molecule has 3 fully saturated rings. The fraction of sp³-hybridized carbons (Fsp3) is 0.926. The van der Waals surface area contributed by atoms with E-state index in [4.69, 9.17) is 0 Å². The van der Waals surface area contributed by atoms with Crippen LogP contribution in [0.1, 0.15) is 92.4 Å². The molecule has 0 aromatic rings. The van der Waals surface area contributed by atoms with Crippen molar-refractivity contribution in [1.82, 2.24) is 0 Å². The van der Waals surface area contributed by atoms with Crippen molar-refractivity contribution in [2.45, 2.75) is 111 Å². The van der Waals surface area contributed by atoms with E-state index in [0.29, 0.717) is 23.7 Å². The molecule has 0 saturated heterocycles. The van der Waals surface area contributed by atoms with Crippen molar-refractivity contribution in [1.29, 1.82) is 0 Å². The van der Waals surface area contributed by atoms with Gasteiger partial charge in [0, 0.05) is 5.92 Å². The molecule has 3 saturated carbocycles. The van der Waals surface area contributed by atoms with Gasteiger partial charge in [0.1, 0.15) is 0 Å². The van der Waals surface area contributed by atoms with Gasteiger partial charge in [-0.05, 0) is 78.9 Å². The number of allylic oxidation sites excluding steroid dienone is 1. The third-order valence-corrected chi connectivity index (χ3v) is 10.3. The van der Waals surface area contributed by atoms with E-state index in [-0.39, 0.29) is 11.3 Å². The van der Waals surface area contributed by atoms with Gasteiger partial charge < -0.3 is 15.3 Å². The van der Waals surface area contributed by atoms with Gasteiger partial charge in [0.15, 0.2) is 0 Å². The first-order chi connectivity index (χ1) is 14.1. The Kier molecular flexibility index (Phi) is 6.23. The minimum atomic E-state index is -0.804. The lowest BCUT2D eigenvalue weighted by atomic mass is 9.46. The molecule has 0 radical (unpaired) electrons. The van der Waals surface area contributed by atoms with Crippen LogP contribution in [0.3, 0.4) is 0 Å². The smallest absolute Gasteiger partial charge is 0.0860 e. The van der Waals surface area contributed by atoms with Crippen molar-refractivity contribution in [2.24, 2.45) is 46.3 Å². The number of aliphatic hydroxyl groups excluding tert-OH is 3. The van der Waals surface area contributed by atoms with Crippen molar-refractivity contribution in [3.8, 4) is 0 Å². The second-order valence-electron chi connectivity index (χ2n) is 12.4. The van der Waals surface area contributed by atoms with E-state index >= 15 is 0 Å². The maximum Gasteiger partial charge on any atom is 0.0860 e. The molecule has 172 valence electrons. The van der Waals surface area contributed by atoms with E-state index in [9.17, 15) is 15.3 Å². The first kappa shape index (κ1) is 22.8. The minimum absolute atomic E-state index is 0.0928. The number of hydrogen-bond donors (Lipinski definition) is 3. The molecule has 0 heterocycles. The van der Waals surface area contributed by atoms with E-state index in [1.165, 1.54) is 50.5 Å². The zero-order valence-corrected chi connectivity index (χ0v) is 20.0. The number of rotatable bonds is 5. The Morgan fingerprint density at radius 3 is 2.27 bits per heavy atom. The number of hydrogen-bond acceptors (Lipinski definition) is 3. The highest BCUT2D eigenvalue weighted by Gasteiger charge is 2.61. The predicted octanol–water partition coefficient (Wildman–Crippen LogP) is 5.33. The molecular formula is C27H46O3. The van der Waals surface area contributed by atoms with Crippen molar-refractivity contribution in [3.05, 3.63) is 11.6 Å². The fourth-order valence-corrected chi connectivity index (χ4v) is 8.69. The van der Waals surface area contributed by atoms with Crippen molar-refractivity contribution < 1.29 is 15.3 Å². The first-order valence-corrected chi connectivity index (χ1v) is 12.9. The van der Waals surface area contributed by atoms with Crippen LogP contribution in [0.15, 0.2) is 11.6 Å². The van der Waals surface area contributed by atoms with E-state index in [2.05, 4.69) is 40.7 Å². The Balaban J connectivity index is 1.56. The summed E-state index contributed by atoms with van der Waals surface area (Å²) in [5.74, 6) is 3.18. The third kappa shape index (κ3) is 3.52. The molecule has 0 aromatic carbocycles. The summed E-state index contributed by atoms with van der Waals surface area (Å²) in [4.78, 5) is 0. The lowest BCUT2D eigenvalue weighted by Gasteiger charge is -2.59. The molecule has 4 aliphatic carbocycles. The van der Waals surface area contributed by atoms with Gasteiger partial charge in [0.25, 0.3) is 0 Å². The maximum atomic E-state index is 11.1. The van der Waals surface area contributed by atoms with Crippen LogP contribution in [0.5, 0.6) is 0 Å². The molecular weight excluding hydrogens is 372 g/mol. The normalized spacial score (nSPS) is 49.2. The van der Waals surface area contributed by atoms with E-state index in [1.54, 1.807) is 0 Å². The summed E-state index contributed by atoms with van der Waals surface area (Å²) in [7, 11) is 0. The summed E-state index contributed by atoms with van der Waals surface area (Å²) in [5.41, 5.74) is 1.77. The quantitative estimate of drug-likeness (QED) is 0.529. The van der Waals surface area contributed by atoms with Gasteiger partial charge in [-0.2, -0.15) is 0 Å². The van der Waals surface area contributed by atoms with Gasteiger partial charge in [-0.3, -0.25) is 0 Å². The molecule has 4 aliphatic rings. The first-order valence-electron chi connectivity index (χ1n) is 12.9. The average molecular weight is 419 g/mol. The summed E-state index contributed by atoms with van der Waals surface area (Å²) in [6, 6.07) is 0. The van der Waals surface area contributed by atoms with E-state index in [0.717, 1.165) is 24.2 Å². The monoisotopic (exact) mass is 418 g/mol. The van der Waals surface area contributed by atoms with Gasteiger partial charge in [-0.1, -0.05) is 65.5 Å². The topological polar surface area (TPSA) is 60.7 Å². The van der Waals surface area contributed by atoms with Crippen LogP contribution < -0.4 is 0 Å². The third-order valence-electron chi connectivity index (χ3n) is 10.3. The van der Waals surface area contributed by atoms with Gasteiger partial charge in [-0.15, -0.1) is 0 Å². The van der Waals surface area contributed by atoms with E-state index < -0.39 is 18.3 Å². The highest BCUT2D eigenvalue weighted by molar-refractivity contribution is 5.30. The Hall–Kier alpha value is -0.380. The van der Waals surface area contributed by atoms with Gasteiger partial charge in [0.2, 0.25) is 0 Å². The predicted molar refractivity (Wildman–Crippen MR) is 122 cm³/mol. The summed E-state index contributed by atoms with van der Waals surface area (Å²) < 4.78 is 0. The molecule has 3 heteroatoms. The Bertz CT molecular complexity index is 656. The molecule has 30 heavy (non-hydrogen) atoms.